The maximum Gasteiger partial charge on any atom is 0.0448 e. The van der Waals surface area contributed by atoms with Crippen molar-refractivity contribution in [2.45, 2.75) is 63.8 Å². The Balaban J connectivity index is 1.76. The molecule has 2 fully saturated rings. The molecule has 0 bridgehead atoms. The monoisotopic (exact) mass is 225 g/mol. The standard InChI is InChI=1S/C14H27NO/c1-12-5-2-3-6-13(12)11-15-14(9-10-16)7-4-8-14/h12-13,15-16H,2-11H2,1H3. The van der Waals surface area contributed by atoms with Gasteiger partial charge in [0.25, 0.3) is 0 Å². The predicted molar refractivity (Wildman–Crippen MR) is 67.4 cm³/mol. The second-order valence-corrected chi connectivity index (χ2v) is 6.01. The minimum absolute atomic E-state index is 0.311. The van der Waals surface area contributed by atoms with Crippen molar-refractivity contribution >= 4 is 0 Å². The van der Waals surface area contributed by atoms with Gasteiger partial charge in [-0.25, -0.2) is 0 Å². The van der Waals surface area contributed by atoms with Gasteiger partial charge >= 0.3 is 0 Å². The van der Waals surface area contributed by atoms with Crippen LogP contribution in [0.25, 0.3) is 0 Å². The van der Waals surface area contributed by atoms with Crippen LogP contribution in [0.15, 0.2) is 0 Å². The van der Waals surface area contributed by atoms with Gasteiger partial charge in [0.15, 0.2) is 0 Å². The van der Waals surface area contributed by atoms with Crippen LogP contribution < -0.4 is 5.32 Å². The van der Waals surface area contributed by atoms with Crippen LogP contribution in [-0.2, 0) is 0 Å². The summed E-state index contributed by atoms with van der Waals surface area (Å²) in [5.41, 5.74) is 0.311. The first-order valence-corrected chi connectivity index (χ1v) is 7.12. The van der Waals surface area contributed by atoms with Crippen molar-refractivity contribution < 1.29 is 5.11 Å². The quantitative estimate of drug-likeness (QED) is 0.754. The van der Waals surface area contributed by atoms with Crippen LogP contribution in [0.4, 0.5) is 0 Å². The number of rotatable bonds is 5. The third-order valence-electron chi connectivity index (χ3n) is 4.93. The molecule has 0 aromatic carbocycles. The first-order chi connectivity index (χ1) is 7.76. The summed E-state index contributed by atoms with van der Waals surface area (Å²) in [7, 11) is 0. The van der Waals surface area contributed by atoms with E-state index in [1.54, 1.807) is 0 Å². The third kappa shape index (κ3) is 2.78. The largest absolute Gasteiger partial charge is 0.396 e. The Bertz CT molecular complexity index is 213. The Labute approximate surface area is 99.8 Å². The van der Waals surface area contributed by atoms with Gasteiger partial charge in [0.05, 0.1) is 0 Å². The summed E-state index contributed by atoms with van der Waals surface area (Å²) in [5.74, 6) is 1.78. The van der Waals surface area contributed by atoms with E-state index >= 15 is 0 Å². The van der Waals surface area contributed by atoms with E-state index in [0.29, 0.717) is 12.1 Å². The molecule has 0 amide bonds. The summed E-state index contributed by atoms with van der Waals surface area (Å²) in [6, 6.07) is 0. The van der Waals surface area contributed by atoms with Crippen molar-refractivity contribution in [1.29, 1.82) is 0 Å². The van der Waals surface area contributed by atoms with Crippen LogP contribution in [0.2, 0.25) is 0 Å². The van der Waals surface area contributed by atoms with Crippen LogP contribution in [0.3, 0.4) is 0 Å². The first-order valence-electron chi connectivity index (χ1n) is 7.12. The van der Waals surface area contributed by atoms with Crippen LogP contribution in [0.5, 0.6) is 0 Å². The maximum absolute atomic E-state index is 9.12. The summed E-state index contributed by atoms with van der Waals surface area (Å²) in [5, 5.41) is 12.9. The molecule has 2 aliphatic rings. The highest BCUT2D eigenvalue weighted by molar-refractivity contribution is 4.96. The molecule has 2 aliphatic carbocycles. The average Bonchev–Trinajstić information content (AvgIpc) is 2.24. The normalized spacial score (nSPS) is 33.4. The number of hydrogen-bond donors (Lipinski definition) is 2. The van der Waals surface area contributed by atoms with Crippen molar-refractivity contribution in [3.05, 3.63) is 0 Å². The van der Waals surface area contributed by atoms with E-state index in [-0.39, 0.29) is 0 Å². The number of nitrogens with one attached hydrogen (secondary N) is 1. The highest BCUT2D eigenvalue weighted by Gasteiger charge is 2.36. The molecule has 2 unspecified atom stereocenters. The van der Waals surface area contributed by atoms with E-state index in [9.17, 15) is 0 Å². The van der Waals surface area contributed by atoms with Gasteiger partial charge in [-0.05, 0) is 50.5 Å². The fourth-order valence-electron chi connectivity index (χ4n) is 3.38. The second-order valence-electron chi connectivity index (χ2n) is 6.01. The molecule has 2 saturated carbocycles. The Kier molecular flexibility index (Phi) is 4.26. The van der Waals surface area contributed by atoms with Gasteiger partial charge in [0.1, 0.15) is 0 Å². The number of aliphatic hydroxyl groups excluding tert-OH is 1. The SMILES string of the molecule is CC1CCCCC1CNC1(CCO)CCC1. The summed E-state index contributed by atoms with van der Waals surface area (Å²) in [4.78, 5) is 0. The Morgan fingerprint density at radius 3 is 2.50 bits per heavy atom. The molecular formula is C14H27NO. The molecule has 2 N–H and O–H groups in total. The number of hydrogen-bond acceptors (Lipinski definition) is 2. The number of aliphatic hydroxyl groups is 1. The molecule has 0 aromatic heterocycles. The Morgan fingerprint density at radius 2 is 1.94 bits per heavy atom. The predicted octanol–water partition coefficient (Wildman–Crippen LogP) is 2.71. The van der Waals surface area contributed by atoms with Crippen LogP contribution >= 0.6 is 0 Å². The van der Waals surface area contributed by atoms with E-state index in [1.165, 1.54) is 51.5 Å². The third-order valence-corrected chi connectivity index (χ3v) is 4.93. The van der Waals surface area contributed by atoms with Crippen molar-refractivity contribution in [3.63, 3.8) is 0 Å². The lowest BCUT2D eigenvalue weighted by Crippen LogP contribution is -2.53. The van der Waals surface area contributed by atoms with Crippen molar-refractivity contribution in [2.75, 3.05) is 13.2 Å². The molecule has 0 spiro atoms. The zero-order chi connectivity index (χ0) is 11.4. The summed E-state index contributed by atoms with van der Waals surface area (Å²) in [6.45, 7) is 3.93. The van der Waals surface area contributed by atoms with E-state index in [4.69, 9.17) is 5.11 Å². The molecular weight excluding hydrogens is 198 g/mol. The average molecular weight is 225 g/mol. The Hall–Kier alpha value is -0.0800. The van der Waals surface area contributed by atoms with Crippen molar-refractivity contribution in [1.82, 2.24) is 5.32 Å². The van der Waals surface area contributed by atoms with Gasteiger partial charge in [-0.2, -0.15) is 0 Å². The highest BCUT2D eigenvalue weighted by atomic mass is 16.3. The minimum atomic E-state index is 0.311. The zero-order valence-corrected chi connectivity index (χ0v) is 10.7. The molecule has 2 nitrogen and oxygen atoms in total. The Morgan fingerprint density at radius 1 is 1.19 bits per heavy atom. The summed E-state index contributed by atoms with van der Waals surface area (Å²) in [6.07, 6.45) is 10.5. The molecule has 2 atom stereocenters. The van der Waals surface area contributed by atoms with E-state index in [1.807, 2.05) is 0 Å². The fraction of sp³-hybridized carbons (Fsp3) is 1.00. The first kappa shape index (κ1) is 12.4. The molecule has 0 aromatic rings. The molecule has 2 rings (SSSR count). The molecule has 0 saturated heterocycles. The smallest absolute Gasteiger partial charge is 0.0448 e. The fourth-order valence-corrected chi connectivity index (χ4v) is 3.38. The van der Waals surface area contributed by atoms with Crippen molar-refractivity contribution in [3.8, 4) is 0 Å². The molecule has 2 heteroatoms. The van der Waals surface area contributed by atoms with Crippen LogP contribution in [-0.4, -0.2) is 23.8 Å². The molecule has 0 heterocycles. The van der Waals surface area contributed by atoms with Gasteiger partial charge in [-0.1, -0.05) is 26.2 Å². The van der Waals surface area contributed by atoms with Crippen LogP contribution in [0, 0.1) is 11.8 Å². The summed E-state index contributed by atoms with van der Waals surface area (Å²) < 4.78 is 0. The topological polar surface area (TPSA) is 32.3 Å². The van der Waals surface area contributed by atoms with Gasteiger partial charge < -0.3 is 10.4 Å². The minimum Gasteiger partial charge on any atom is -0.396 e. The van der Waals surface area contributed by atoms with E-state index < -0.39 is 0 Å². The lowest BCUT2D eigenvalue weighted by molar-refractivity contribution is 0.114. The molecule has 16 heavy (non-hydrogen) atoms. The maximum atomic E-state index is 9.12. The lowest BCUT2D eigenvalue weighted by atomic mass is 9.73. The van der Waals surface area contributed by atoms with Gasteiger partial charge in [-0.3, -0.25) is 0 Å². The zero-order valence-electron chi connectivity index (χ0n) is 10.7. The van der Waals surface area contributed by atoms with Crippen LogP contribution in [0.1, 0.15) is 58.3 Å². The highest BCUT2D eigenvalue weighted by Crippen LogP contribution is 2.36. The summed E-state index contributed by atoms with van der Waals surface area (Å²) >= 11 is 0. The van der Waals surface area contributed by atoms with E-state index in [2.05, 4.69) is 12.2 Å². The molecule has 0 aliphatic heterocycles. The van der Waals surface area contributed by atoms with Gasteiger partial charge in [0, 0.05) is 12.1 Å². The lowest BCUT2D eigenvalue weighted by Gasteiger charge is -2.44. The van der Waals surface area contributed by atoms with Gasteiger partial charge in [-0.15, -0.1) is 0 Å². The van der Waals surface area contributed by atoms with Crippen molar-refractivity contribution in [2.24, 2.45) is 11.8 Å². The molecule has 0 radical (unpaired) electrons. The second kappa shape index (κ2) is 5.50. The van der Waals surface area contributed by atoms with E-state index in [0.717, 1.165) is 18.3 Å². The van der Waals surface area contributed by atoms with Gasteiger partial charge in [0.2, 0.25) is 0 Å². The molecule has 94 valence electrons.